The summed E-state index contributed by atoms with van der Waals surface area (Å²) in [4.78, 5) is 22.8. The van der Waals surface area contributed by atoms with Gasteiger partial charge in [-0.05, 0) is 47.2 Å². The van der Waals surface area contributed by atoms with Crippen LogP contribution in [0.2, 0.25) is 0 Å². The fourth-order valence-corrected chi connectivity index (χ4v) is 3.46. The van der Waals surface area contributed by atoms with Gasteiger partial charge in [0.25, 0.3) is 0 Å². The summed E-state index contributed by atoms with van der Waals surface area (Å²) in [6, 6.07) is 8.11. The molecule has 0 saturated carbocycles. The number of halogens is 3. The Kier molecular flexibility index (Phi) is 9.79. The summed E-state index contributed by atoms with van der Waals surface area (Å²) in [7, 11) is -3.30. The summed E-state index contributed by atoms with van der Waals surface area (Å²) < 4.78 is 72.9. The number of carbonyl (C=O) groups excluding carboxylic acids is 2. The first-order chi connectivity index (χ1) is 16.7. The van der Waals surface area contributed by atoms with Crippen LogP contribution < -0.4 is 4.18 Å². The molecule has 0 aliphatic heterocycles. The van der Waals surface area contributed by atoms with E-state index in [1.165, 1.54) is 19.2 Å². The van der Waals surface area contributed by atoms with Crippen LogP contribution in [0.25, 0.3) is 0 Å². The van der Waals surface area contributed by atoms with Crippen molar-refractivity contribution in [3.8, 4) is 11.5 Å². The molecule has 8 nitrogen and oxygen atoms in total. The average molecular weight is 549 g/mol. The zero-order chi connectivity index (χ0) is 29.0. The summed E-state index contributed by atoms with van der Waals surface area (Å²) in [6.07, 6.45) is 0. The third-order valence-electron chi connectivity index (χ3n) is 4.92. The van der Waals surface area contributed by atoms with Gasteiger partial charge in [0.05, 0.1) is 25.3 Å². The number of ether oxygens (including phenoxy) is 2. The van der Waals surface area contributed by atoms with Crippen molar-refractivity contribution in [2.75, 3.05) is 14.2 Å². The second kappa shape index (κ2) is 11.4. The van der Waals surface area contributed by atoms with Crippen LogP contribution >= 0.6 is 0 Å². The first-order valence-electron chi connectivity index (χ1n) is 10.8. The lowest BCUT2D eigenvalue weighted by molar-refractivity contribution is -0.0500. The summed E-state index contributed by atoms with van der Waals surface area (Å²) in [5.74, 6) is -1.37. The number of carbonyl (C=O) groups is 2. The summed E-state index contributed by atoms with van der Waals surface area (Å²) in [5, 5.41) is 9.67. The third kappa shape index (κ3) is 8.38. The van der Waals surface area contributed by atoms with Gasteiger partial charge in [0.1, 0.15) is 11.5 Å². The first kappa shape index (κ1) is 31.7. The zero-order valence-electron chi connectivity index (χ0n) is 21.8. The first-order valence-corrected chi connectivity index (χ1v) is 12.2. The fourth-order valence-electron chi connectivity index (χ4n) is 2.98. The zero-order valence-corrected chi connectivity index (χ0v) is 22.6. The van der Waals surface area contributed by atoms with Crippen molar-refractivity contribution >= 4 is 22.1 Å². The molecule has 0 radical (unpaired) electrons. The third-order valence-corrected chi connectivity index (χ3v) is 5.88. The van der Waals surface area contributed by atoms with E-state index in [0.29, 0.717) is 5.56 Å². The summed E-state index contributed by atoms with van der Waals surface area (Å²) in [6.45, 7) is 10.8. The number of rotatable bonds is 4. The van der Waals surface area contributed by atoms with Crippen LogP contribution in [0.4, 0.5) is 13.2 Å². The Morgan fingerprint density at radius 3 is 1.54 bits per heavy atom. The van der Waals surface area contributed by atoms with E-state index in [4.69, 9.17) is 0 Å². The smallest absolute Gasteiger partial charge is 0.508 e. The van der Waals surface area contributed by atoms with E-state index in [2.05, 4.69) is 13.7 Å². The predicted octanol–water partition coefficient (Wildman–Crippen LogP) is 5.48. The number of aromatic hydroxyl groups is 1. The fraction of sp³-hybridized carbons (Fsp3) is 0.440. The van der Waals surface area contributed by atoms with Gasteiger partial charge in [0, 0.05) is 11.1 Å². The Balaban J connectivity index is 0.000000397. The molecular weight excluding hydrogens is 517 g/mol. The number of phenolic OH excluding ortho intramolecular Hbond substituents is 1. The van der Waals surface area contributed by atoms with Crippen molar-refractivity contribution < 1.29 is 49.9 Å². The SMILES string of the molecule is COC(=O)c1ccc(O)c(C(C)(C)C)c1.COC(=O)c1ccc(OS(=O)(=O)C(F)(F)F)c(C(C)(C)C)c1. The van der Waals surface area contributed by atoms with Gasteiger partial charge < -0.3 is 18.8 Å². The number of phenols is 1. The molecule has 0 spiro atoms. The van der Waals surface area contributed by atoms with Crippen LogP contribution in [0.5, 0.6) is 11.5 Å². The second-order valence-corrected chi connectivity index (χ2v) is 11.4. The van der Waals surface area contributed by atoms with Gasteiger partial charge in [-0.25, -0.2) is 9.59 Å². The van der Waals surface area contributed by atoms with Crippen LogP contribution in [0.1, 0.15) is 73.4 Å². The van der Waals surface area contributed by atoms with Gasteiger partial charge in [-0.15, -0.1) is 0 Å². The van der Waals surface area contributed by atoms with E-state index >= 15 is 0 Å². The van der Waals surface area contributed by atoms with Crippen molar-refractivity contribution in [2.45, 2.75) is 57.9 Å². The van der Waals surface area contributed by atoms with Gasteiger partial charge >= 0.3 is 27.6 Å². The Morgan fingerprint density at radius 1 is 0.757 bits per heavy atom. The van der Waals surface area contributed by atoms with Crippen LogP contribution in [0, 0.1) is 0 Å². The van der Waals surface area contributed by atoms with Gasteiger partial charge in [-0.1, -0.05) is 41.5 Å². The van der Waals surface area contributed by atoms with Crippen molar-refractivity contribution in [1.29, 1.82) is 0 Å². The maximum absolute atomic E-state index is 12.4. The molecule has 0 unspecified atom stereocenters. The molecule has 0 atom stereocenters. The molecule has 0 aliphatic rings. The molecule has 0 aliphatic carbocycles. The number of hydrogen-bond acceptors (Lipinski definition) is 8. The minimum absolute atomic E-state index is 0.0733. The normalized spacial score (nSPS) is 12.2. The molecule has 0 saturated heterocycles. The molecular formula is C25H31F3O8S. The Morgan fingerprint density at radius 2 is 1.16 bits per heavy atom. The van der Waals surface area contributed by atoms with Crippen molar-refractivity contribution in [1.82, 2.24) is 0 Å². The standard InChI is InChI=1S/C13H15F3O5S.C12H16O3/c1-12(2,3)9-7-8(11(17)20-4)5-6-10(9)21-22(18,19)13(14,15)16;1-12(2,3)9-7-8(11(14)15-4)5-6-10(9)13/h5-7H,1-4H3;5-7,13H,1-4H3. The van der Waals surface area contributed by atoms with Crippen LogP contribution in [-0.4, -0.2) is 45.2 Å². The highest BCUT2D eigenvalue weighted by Crippen LogP contribution is 2.36. The number of hydrogen-bond donors (Lipinski definition) is 1. The van der Waals surface area contributed by atoms with Gasteiger partial charge in [0.15, 0.2) is 0 Å². The Labute approximate surface area is 214 Å². The molecule has 2 aromatic carbocycles. The minimum atomic E-state index is -5.79. The van der Waals surface area contributed by atoms with E-state index in [-0.39, 0.29) is 28.3 Å². The van der Waals surface area contributed by atoms with E-state index in [1.807, 2.05) is 20.8 Å². The topological polar surface area (TPSA) is 116 Å². The molecule has 1 N–H and O–H groups in total. The lowest BCUT2D eigenvalue weighted by Crippen LogP contribution is -2.29. The molecule has 0 heterocycles. The quantitative estimate of drug-likeness (QED) is 0.304. The maximum Gasteiger partial charge on any atom is 0.534 e. The van der Waals surface area contributed by atoms with Crippen molar-refractivity contribution in [2.24, 2.45) is 0 Å². The van der Waals surface area contributed by atoms with Gasteiger partial charge in [-0.2, -0.15) is 21.6 Å². The summed E-state index contributed by atoms with van der Waals surface area (Å²) in [5.41, 5.74) is -5.10. The molecule has 37 heavy (non-hydrogen) atoms. The predicted molar refractivity (Wildman–Crippen MR) is 130 cm³/mol. The lowest BCUT2D eigenvalue weighted by atomic mass is 9.85. The molecule has 2 aromatic rings. The number of benzene rings is 2. The maximum atomic E-state index is 12.4. The van der Waals surface area contributed by atoms with E-state index in [9.17, 15) is 36.3 Å². The number of methoxy groups -OCH3 is 2. The van der Waals surface area contributed by atoms with E-state index in [1.54, 1.807) is 32.9 Å². The van der Waals surface area contributed by atoms with E-state index in [0.717, 1.165) is 24.8 Å². The molecule has 0 fully saturated rings. The number of alkyl halides is 3. The number of esters is 2. The van der Waals surface area contributed by atoms with Crippen LogP contribution in [0.3, 0.4) is 0 Å². The lowest BCUT2D eigenvalue weighted by Gasteiger charge is -2.23. The molecule has 0 aromatic heterocycles. The summed E-state index contributed by atoms with van der Waals surface area (Å²) >= 11 is 0. The second-order valence-electron chi connectivity index (χ2n) is 9.91. The average Bonchev–Trinajstić information content (AvgIpc) is 2.76. The molecule has 206 valence electrons. The Hall–Kier alpha value is -3.28. The molecule has 12 heteroatoms. The minimum Gasteiger partial charge on any atom is -0.508 e. The Bertz CT molecular complexity index is 1240. The van der Waals surface area contributed by atoms with Gasteiger partial charge in [0.2, 0.25) is 0 Å². The van der Waals surface area contributed by atoms with Crippen LogP contribution in [-0.2, 0) is 30.4 Å². The largest absolute Gasteiger partial charge is 0.534 e. The highest BCUT2D eigenvalue weighted by molar-refractivity contribution is 7.88. The van der Waals surface area contributed by atoms with Crippen LogP contribution in [0.15, 0.2) is 36.4 Å². The van der Waals surface area contributed by atoms with Gasteiger partial charge in [-0.3, -0.25) is 0 Å². The highest BCUT2D eigenvalue weighted by Gasteiger charge is 2.49. The highest BCUT2D eigenvalue weighted by atomic mass is 32.2. The monoisotopic (exact) mass is 548 g/mol. The van der Waals surface area contributed by atoms with Crippen molar-refractivity contribution in [3.63, 3.8) is 0 Å². The van der Waals surface area contributed by atoms with E-state index < -0.39 is 32.8 Å². The molecule has 2 rings (SSSR count). The van der Waals surface area contributed by atoms with Crippen molar-refractivity contribution in [3.05, 3.63) is 58.7 Å². The molecule has 0 amide bonds. The molecule has 0 bridgehead atoms.